The van der Waals surface area contributed by atoms with Crippen LogP contribution in [0.5, 0.6) is 0 Å². The molecule has 1 saturated carbocycles. The normalized spacial score (nSPS) is 19.3. The van der Waals surface area contributed by atoms with Crippen LogP contribution in [0.4, 0.5) is 5.82 Å². The summed E-state index contributed by atoms with van der Waals surface area (Å²) in [6.07, 6.45) is 6.94. The van der Waals surface area contributed by atoms with E-state index in [4.69, 9.17) is 4.42 Å². The molecule has 0 aromatic carbocycles. The van der Waals surface area contributed by atoms with Crippen molar-refractivity contribution in [2.75, 3.05) is 18.4 Å². The Kier molecular flexibility index (Phi) is 5.02. The van der Waals surface area contributed by atoms with Gasteiger partial charge in [-0.25, -0.2) is 15.0 Å². The van der Waals surface area contributed by atoms with E-state index >= 15 is 0 Å². The van der Waals surface area contributed by atoms with Gasteiger partial charge in [0.2, 0.25) is 5.71 Å². The van der Waals surface area contributed by atoms with Gasteiger partial charge in [-0.05, 0) is 46.5 Å². The standard InChI is InChI=1S/C21H28N6O2/c1-5-22-14(3)27-10-6-15(7-11-27)25-19(28)16-13(2)29-20-17(16)18(23-12-24-20)26-21(4)8-9-21/h5,12,15H,1,6-11H2,2-4H3,(H,25,28)(H,23,24,26). The summed E-state index contributed by atoms with van der Waals surface area (Å²) in [7, 11) is 0. The predicted octanol–water partition coefficient (Wildman–Crippen LogP) is 3.25. The Labute approximate surface area is 170 Å². The summed E-state index contributed by atoms with van der Waals surface area (Å²) < 4.78 is 5.78. The molecule has 1 saturated heterocycles. The Morgan fingerprint density at radius 3 is 2.76 bits per heavy atom. The number of fused-ring (bicyclic) bond motifs is 1. The molecule has 8 heteroatoms. The number of nitrogens with one attached hydrogen (secondary N) is 2. The van der Waals surface area contributed by atoms with Gasteiger partial charge in [0.25, 0.3) is 5.91 Å². The average Bonchev–Trinajstić information content (AvgIpc) is 3.30. The molecule has 8 nitrogen and oxygen atoms in total. The maximum absolute atomic E-state index is 13.2. The van der Waals surface area contributed by atoms with Crippen LogP contribution in [0.1, 0.15) is 55.6 Å². The van der Waals surface area contributed by atoms with Crippen molar-refractivity contribution in [2.45, 2.75) is 58.0 Å². The lowest BCUT2D eigenvalue weighted by molar-refractivity contribution is 0.0922. The summed E-state index contributed by atoms with van der Waals surface area (Å²) >= 11 is 0. The number of aromatic nitrogens is 2. The van der Waals surface area contributed by atoms with E-state index in [2.05, 4.69) is 44.0 Å². The second-order valence-corrected chi connectivity index (χ2v) is 8.22. The first-order chi connectivity index (χ1) is 13.9. The number of rotatable bonds is 5. The number of carbonyl (C=O) groups is 1. The van der Waals surface area contributed by atoms with Gasteiger partial charge in [0.1, 0.15) is 23.7 Å². The summed E-state index contributed by atoms with van der Waals surface area (Å²) in [6.45, 7) is 11.3. The number of anilines is 1. The van der Waals surface area contributed by atoms with Crippen molar-refractivity contribution in [1.29, 1.82) is 0 Å². The van der Waals surface area contributed by atoms with Crippen molar-refractivity contribution >= 4 is 28.7 Å². The molecule has 3 heterocycles. The third-order valence-electron chi connectivity index (χ3n) is 5.88. The van der Waals surface area contributed by atoms with Crippen LogP contribution in [-0.2, 0) is 0 Å². The van der Waals surface area contributed by atoms with Crippen molar-refractivity contribution in [3.63, 3.8) is 0 Å². The molecule has 1 aliphatic heterocycles. The molecule has 1 amide bonds. The first-order valence-corrected chi connectivity index (χ1v) is 10.1. The average molecular weight is 396 g/mol. The molecule has 154 valence electrons. The van der Waals surface area contributed by atoms with E-state index < -0.39 is 0 Å². The molecule has 4 rings (SSSR count). The second kappa shape index (κ2) is 7.50. The molecular formula is C21H28N6O2. The van der Waals surface area contributed by atoms with Crippen LogP contribution < -0.4 is 10.6 Å². The lowest BCUT2D eigenvalue weighted by atomic mass is 10.0. The third kappa shape index (κ3) is 3.97. The summed E-state index contributed by atoms with van der Waals surface area (Å²) in [6, 6.07) is 0.113. The summed E-state index contributed by atoms with van der Waals surface area (Å²) in [5.74, 6) is 2.06. The third-order valence-corrected chi connectivity index (χ3v) is 5.88. The fourth-order valence-corrected chi connectivity index (χ4v) is 3.83. The highest BCUT2D eigenvalue weighted by atomic mass is 16.3. The first-order valence-electron chi connectivity index (χ1n) is 10.1. The molecule has 2 N–H and O–H groups in total. The Morgan fingerprint density at radius 2 is 2.10 bits per heavy atom. The SMILES string of the molecule is C=CN=C(C)N1CCC(NC(=O)c2c(C)oc3ncnc(NC4(C)CC4)c23)CC1. The first kappa shape index (κ1) is 19.4. The number of furan rings is 1. The lowest BCUT2D eigenvalue weighted by Gasteiger charge is -2.33. The minimum atomic E-state index is -0.130. The molecule has 0 spiro atoms. The van der Waals surface area contributed by atoms with Gasteiger partial charge in [-0.3, -0.25) is 4.79 Å². The smallest absolute Gasteiger partial charge is 0.255 e. The second-order valence-electron chi connectivity index (χ2n) is 8.22. The number of hydrogen-bond donors (Lipinski definition) is 2. The number of aryl methyl sites for hydroxylation is 1. The van der Waals surface area contributed by atoms with Crippen LogP contribution in [0.3, 0.4) is 0 Å². The Morgan fingerprint density at radius 1 is 1.38 bits per heavy atom. The number of carbonyl (C=O) groups excluding carboxylic acids is 1. The number of likely N-dealkylation sites (tertiary alicyclic amines) is 1. The Bertz CT molecular complexity index is 967. The highest BCUT2D eigenvalue weighted by molar-refractivity contribution is 6.10. The molecular weight excluding hydrogens is 368 g/mol. The van der Waals surface area contributed by atoms with Crippen LogP contribution in [0, 0.1) is 6.92 Å². The van der Waals surface area contributed by atoms with Gasteiger partial charge in [0.05, 0.1) is 10.9 Å². The number of amidine groups is 1. The summed E-state index contributed by atoms with van der Waals surface area (Å²) in [4.78, 5) is 28.2. The van der Waals surface area contributed by atoms with Gasteiger partial charge in [0, 0.05) is 30.9 Å². The van der Waals surface area contributed by atoms with Crippen LogP contribution in [-0.4, -0.2) is 51.3 Å². The number of amides is 1. The Balaban J connectivity index is 1.51. The van der Waals surface area contributed by atoms with Gasteiger partial charge in [-0.2, -0.15) is 0 Å². The van der Waals surface area contributed by atoms with Crippen molar-refractivity contribution < 1.29 is 9.21 Å². The highest BCUT2D eigenvalue weighted by Crippen LogP contribution is 2.40. The minimum Gasteiger partial charge on any atom is -0.442 e. The van der Waals surface area contributed by atoms with E-state index in [1.165, 1.54) is 6.33 Å². The molecule has 0 unspecified atom stereocenters. The van der Waals surface area contributed by atoms with E-state index in [1.807, 2.05) is 6.92 Å². The molecule has 29 heavy (non-hydrogen) atoms. The molecule has 0 atom stereocenters. The van der Waals surface area contributed by atoms with Gasteiger partial charge in [0.15, 0.2) is 0 Å². The van der Waals surface area contributed by atoms with Gasteiger partial charge < -0.3 is 20.0 Å². The lowest BCUT2D eigenvalue weighted by Crippen LogP contribution is -2.46. The molecule has 2 fully saturated rings. The Hall–Kier alpha value is -2.90. The summed E-state index contributed by atoms with van der Waals surface area (Å²) in [5, 5.41) is 7.31. The number of aliphatic imine (C=N–C) groups is 1. The molecule has 0 radical (unpaired) electrons. The topological polar surface area (TPSA) is 95.7 Å². The molecule has 1 aliphatic carbocycles. The zero-order valence-electron chi connectivity index (χ0n) is 17.3. The van der Waals surface area contributed by atoms with Gasteiger partial charge >= 0.3 is 0 Å². The zero-order valence-corrected chi connectivity index (χ0v) is 17.3. The van der Waals surface area contributed by atoms with E-state index in [0.717, 1.165) is 44.6 Å². The monoisotopic (exact) mass is 396 g/mol. The highest BCUT2D eigenvalue weighted by Gasteiger charge is 2.38. The maximum Gasteiger partial charge on any atom is 0.255 e. The van der Waals surface area contributed by atoms with Crippen molar-refractivity contribution in [3.8, 4) is 0 Å². The quantitative estimate of drug-likeness (QED) is 0.595. The number of hydrogen-bond acceptors (Lipinski definition) is 6. The fourth-order valence-electron chi connectivity index (χ4n) is 3.83. The van der Waals surface area contributed by atoms with Crippen LogP contribution in [0.25, 0.3) is 11.1 Å². The molecule has 2 aromatic heterocycles. The predicted molar refractivity (Wildman–Crippen MR) is 113 cm³/mol. The number of nitrogens with zero attached hydrogens (tertiary/aromatic N) is 4. The molecule has 0 bridgehead atoms. The van der Waals surface area contributed by atoms with E-state index in [1.54, 1.807) is 13.1 Å². The van der Waals surface area contributed by atoms with Gasteiger partial charge in [-0.1, -0.05) is 6.58 Å². The summed E-state index contributed by atoms with van der Waals surface area (Å²) in [5.41, 5.74) is 1.01. The maximum atomic E-state index is 13.2. The van der Waals surface area contributed by atoms with Crippen LogP contribution in [0.2, 0.25) is 0 Å². The van der Waals surface area contributed by atoms with E-state index in [-0.39, 0.29) is 17.5 Å². The van der Waals surface area contributed by atoms with Crippen molar-refractivity contribution in [2.24, 2.45) is 4.99 Å². The minimum absolute atomic E-state index is 0.0396. The zero-order chi connectivity index (χ0) is 20.6. The van der Waals surface area contributed by atoms with Gasteiger partial charge in [-0.15, -0.1) is 0 Å². The van der Waals surface area contributed by atoms with Crippen LogP contribution in [0.15, 0.2) is 28.5 Å². The fraction of sp³-hybridized carbons (Fsp3) is 0.524. The largest absolute Gasteiger partial charge is 0.442 e. The van der Waals surface area contributed by atoms with Crippen molar-refractivity contribution in [1.82, 2.24) is 20.2 Å². The molecule has 2 aromatic rings. The van der Waals surface area contributed by atoms with Crippen LogP contribution >= 0.6 is 0 Å². The van der Waals surface area contributed by atoms with Crippen molar-refractivity contribution in [3.05, 3.63) is 30.4 Å². The van der Waals surface area contributed by atoms with E-state index in [0.29, 0.717) is 28.2 Å². The molecule has 2 aliphatic rings. The number of piperidine rings is 1. The van der Waals surface area contributed by atoms with E-state index in [9.17, 15) is 4.79 Å².